The number of ether oxygens (including phenoxy) is 1. The van der Waals surface area contributed by atoms with Crippen LogP contribution in [0.2, 0.25) is 0 Å². The van der Waals surface area contributed by atoms with E-state index in [4.69, 9.17) is 10.5 Å². The number of hydrogen-bond donors (Lipinski definition) is 2. The van der Waals surface area contributed by atoms with Crippen molar-refractivity contribution in [1.29, 1.82) is 0 Å². The van der Waals surface area contributed by atoms with Gasteiger partial charge in [0.15, 0.2) is 0 Å². The van der Waals surface area contributed by atoms with Crippen LogP contribution in [0.1, 0.15) is 13.3 Å². The standard InChI is InChI=1S/C13H21N3O/c1-2-9-17-13-10-11(3-4-12(13)14)16-7-5-15-6-8-16/h3-4,10,15H,2,5-9,14H2,1H3. The van der Waals surface area contributed by atoms with Crippen LogP contribution in [-0.2, 0) is 0 Å². The summed E-state index contributed by atoms with van der Waals surface area (Å²) in [5.41, 5.74) is 7.82. The van der Waals surface area contributed by atoms with Crippen LogP contribution >= 0.6 is 0 Å². The van der Waals surface area contributed by atoms with Gasteiger partial charge < -0.3 is 20.7 Å². The highest BCUT2D eigenvalue weighted by Crippen LogP contribution is 2.28. The first-order valence-electron chi connectivity index (χ1n) is 6.29. The minimum atomic E-state index is 0.717. The summed E-state index contributed by atoms with van der Waals surface area (Å²) >= 11 is 0. The van der Waals surface area contributed by atoms with Gasteiger partial charge in [-0.15, -0.1) is 0 Å². The Labute approximate surface area is 103 Å². The quantitative estimate of drug-likeness (QED) is 0.776. The van der Waals surface area contributed by atoms with Crippen molar-refractivity contribution in [3.05, 3.63) is 18.2 Å². The number of benzene rings is 1. The maximum absolute atomic E-state index is 5.90. The number of nitrogens with zero attached hydrogens (tertiary/aromatic N) is 1. The highest BCUT2D eigenvalue weighted by atomic mass is 16.5. The van der Waals surface area contributed by atoms with E-state index in [0.29, 0.717) is 0 Å². The molecule has 0 spiro atoms. The van der Waals surface area contributed by atoms with Crippen molar-refractivity contribution in [2.45, 2.75) is 13.3 Å². The molecule has 0 radical (unpaired) electrons. The lowest BCUT2D eigenvalue weighted by molar-refractivity contribution is 0.319. The van der Waals surface area contributed by atoms with Crippen LogP contribution in [0.5, 0.6) is 5.75 Å². The molecule has 4 heteroatoms. The maximum atomic E-state index is 5.90. The van der Waals surface area contributed by atoms with E-state index in [2.05, 4.69) is 29.3 Å². The molecular formula is C13H21N3O. The highest BCUT2D eigenvalue weighted by molar-refractivity contribution is 5.62. The van der Waals surface area contributed by atoms with Gasteiger partial charge in [-0.05, 0) is 18.6 Å². The lowest BCUT2D eigenvalue weighted by atomic mass is 10.2. The predicted molar refractivity (Wildman–Crippen MR) is 71.7 cm³/mol. The van der Waals surface area contributed by atoms with Crippen LogP contribution in [0.3, 0.4) is 0 Å². The Morgan fingerprint density at radius 2 is 2.12 bits per heavy atom. The third-order valence-electron chi connectivity index (χ3n) is 2.94. The van der Waals surface area contributed by atoms with Gasteiger partial charge in [0.25, 0.3) is 0 Å². The summed E-state index contributed by atoms with van der Waals surface area (Å²) < 4.78 is 5.65. The second-order valence-corrected chi connectivity index (χ2v) is 4.31. The normalized spacial score (nSPS) is 15.9. The van der Waals surface area contributed by atoms with Gasteiger partial charge in [-0.3, -0.25) is 0 Å². The first-order chi connectivity index (χ1) is 8.31. The molecule has 0 unspecified atom stereocenters. The average molecular weight is 235 g/mol. The molecule has 0 bridgehead atoms. The summed E-state index contributed by atoms with van der Waals surface area (Å²) in [6.07, 6.45) is 0.997. The Kier molecular flexibility index (Phi) is 4.09. The Balaban J connectivity index is 2.11. The number of nitrogen functional groups attached to an aromatic ring is 1. The largest absolute Gasteiger partial charge is 0.491 e. The Hall–Kier alpha value is -1.42. The van der Waals surface area contributed by atoms with Gasteiger partial charge >= 0.3 is 0 Å². The molecule has 1 aliphatic heterocycles. The Morgan fingerprint density at radius 3 is 2.82 bits per heavy atom. The van der Waals surface area contributed by atoms with Crippen LogP contribution in [0.4, 0.5) is 11.4 Å². The van der Waals surface area contributed by atoms with Crippen LogP contribution in [0.15, 0.2) is 18.2 Å². The van der Waals surface area contributed by atoms with E-state index >= 15 is 0 Å². The third-order valence-corrected chi connectivity index (χ3v) is 2.94. The van der Waals surface area contributed by atoms with E-state index < -0.39 is 0 Å². The summed E-state index contributed by atoms with van der Waals surface area (Å²) in [5, 5.41) is 3.35. The molecule has 3 N–H and O–H groups in total. The fourth-order valence-corrected chi connectivity index (χ4v) is 1.98. The number of nitrogens with one attached hydrogen (secondary N) is 1. The SMILES string of the molecule is CCCOc1cc(N2CCNCC2)ccc1N. The molecule has 1 aliphatic rings. The summed E-state index contributed by atoms with van der Waals surface area (Å²) in [6.45, 7) is 6.96. The van der Waals surface area contributed by atoms with E-state index in [1.54, 1.807) is 0 Å². The van der Waals surface area contributed by atoms with Gasteiger partial charge in [0, 0.05) is 37.9 Å². The van der Waals surface area contributed by atoms with Crippen LogP contribution in [0.25, 0.3) is 0 Å². The lowest BCUT2D eigenvalue weighted by Gasteiger charge is -2.29. The lowest BCUT2D eigenvalue weighted by Crippen LogP contribution is -2.43. The molecule has 1 aromatic rings. The summed E-state index contributed by atoms with van der Waals surface area (Å²) in [6, 6.07) is 6.05. The number of piperazine rings is 1. The monoisotopic (exact) mass is 235 g/mol. The molecule has 1 heterocycles. The van der Waals surface area contributed by atoms with Crippen molar-refractivity contribution in [1.82, 2.24) is 5.32 Å². The molecule has 0 aliphatic carbocycles. The van der Waals surface area contributed by atoms with Crippen LogP contribution in [-0.4, -0.2) is 32.8 Å². The molecule has 4 nitrogen and oxygen atoms in total. The molecular weight excluding hydrogens is 214 g/mol. The Bertz CT molecular complexity index is 362. The second kappa shape index (κ2) is 5.77. The number of rotatable bonds is 4. The minimum absolute atomic E-state index is 0.717. The molecule has 0 atom stereocenters. The van der Waals surface area contributed by atoms with Crippen molar-refractivity contribution in [3.63, 3.8) is 0 Å². The molecule has 0 aromatic heterocycles. The fourth-order valence-electron chi connectivity index (χ4n) is 1.98. The predicted octanol–water partition coefficient (Wildman–Crippen LogP) is 1.47. The minimum Gasteiger partial charge on any atom is -0.491 e. The zero-order valence-electron chi connectivity index (χ0n) is 10.4. The van der Waals surface area contributed by atoms with E-state index in [-0.39, 0.29) is 0 Å². The first-order valence-corrected chi connectivity index (χ1v) is 6.29. The molecule has 1 fully saturated rings. The second-order valence-electron chi connectivity index (χ2n) is 4.31. The van der Waals surface area contributed by atoms with E-state index in [0.717, 1.165) is 50.6 Å². The average Bonchev–Trinajstić information content (AvgIpc) is 2.39. The third kappa shape index (κ3) is 3.03. The zero-order valence-corrected chi connectivity index (χ0v) is 10.4. The molecule has 0 saturated carbocycles. The van der Waals surface area contributed by atoms with Gasteiger partial charge in [-0.1, -0.05) is 6.92 Å². The van der Waals surface area contributed by atoms with Crippen molar-refractivity contribution >= 4 is 11.4 Å². The van der Waals surface area contributed by atoms with E-state index in [9.17, 15) is 0 Å². The fraction of sp³-hybridized carbons (Fsp3) is 0.538. The first kappa shape index (κ1) is 12.0. The van der Waals surface area contributed by atoms with Gasteiger partial charge in [0.1, 0.15) is 5.75 Å². The number of hydrogen-bond acceptors (Lipinski definition) is 4. The smallest absolute Gasteiger partial charge is 0.144 e. The van der Waals surface area contributed by atoms with Crippen LogP contribution in [0, 0.1) is 0 Å². The molecule has 0 amide bonds. The van der Waals surface area contributed by atoms with Crippen molar-refractivity contribution in [2.75, 3.05) is 43.4 Å². The highest BCUT2D eigenvalue weighted by Gasteiger charge is 2.12. The van der Waals surface area contributed by atoms with Crippen molar-refractivity contribution in [2.24, 2.45) is 0 Å². The van der Waals surface area contributed by atoms with E-state index in [1.165, 1.54) is 5.69 Å². The molecule has 17 heavy (non-hydrogen) atoms. The van der Waals surface area contributed by atoms with Crippen molar-refractivity contribution in [3.8, 4) is 5.75 Å². The van der Waals surface area contributed by atoms with Crippen LogP contribution < -0.4 is 20.7 Å². The van der Waals surface area contributed by atoms with Gasteiger partial charge in [0.05, 0.1) is 12.3 Å². The van der Waals surface area contributed by atoms with E-state index in [1.807, 2.05) is 6.07 Å². The van der Waals surface area contributed by atoms with Gasteiger partial charge in [-0.25, -0.2) is 0 Å². The Morgan fingerprint density at radius 1 is 1.35 bits per heavy atom. The summed E-state index contributed by atoms with van der Waals surface area (Å²) in [4.78, 5) is 2.36. The van der Waals surface area contributed by atoms with Crippen molar-refractivity contribution < 1.29 is 4.74 Å². The summed E-state index contributed by atoms with van der Waals surface area (Å²) in [7, 11) is 0. The molecule has 2 rings (SSSR count). The number of anilines is 2. The topological polar surface area (TPSA) is 50.5 Å². The zero-order chi connectivity index (χ0) is 12.1. The molecule has 94 valence electrons. The maximum Gasteiger partial charge on any atom is 0.144 e. The molecule has 1 aromatic carbocycles. The van der Waals surface area contributed by atoms with Gasteiger partial charge in [0.2, 0.25) is 0 Å². The van der Waals surface area contributed by atoms with Gasteiger partial charge in [-0.2, -0.15) is 0 Å². The summed E-state index contributed by atoms with van der Waals surface area (Å²) in [5.74, 6) is 0.808. The molecule has 1 saturated heterocycles. The number of nitrogens with two attached hydrogens (primary N) is 1.